The van der Waals surface area contributed by atoms with E-state index in [4.69, 9.17) is 14.2 Å². The highest BCUT2D eigenvalue weighted by Gasteiger charge is 2.43. The number of esters is 1. The zero-order chi connectivity index (χ0) is 24.7. The van der Waals surface area contributed by atoms with Gasteiger partial charge in [0.05, 0.1) is 29.0 Å². The number of ether oxygens (including phenoxy) is 4. The topological polar surface area (TPSA) is 110 Å². The highest BCUT2D eigenvalue weighted by atomic mass is 32.1. The van der Waals surface area contributed by atoms with Gasteiger partial charge in [0, 0.05) is 24.6 Å². The summed E-state index contributed by atoms with van der Waals surface area (Å²) in [6.45, 7) is 5.78. The third kappa shape index (κ3) is 6.62. The SMILES string of the molecule is COC(=O)CC/C=C\CC1COC(C(C)(C)Oc2ccc(C)cc2[N+](=O)[O-])OC1c1cncs1. The molecule has 3 rings (SSSR count). The Bertz CT molecular complexity index is 1010. The Morgan fingerprint density at radius 1 is 1.38 bits per heavy atom. The summed E-state index contributed by atoms with van der Waals surface area (Å²) in [7, 11) is 1.38. The van der Waals surface area contributed by atoms with E-state index in [-0.39, 0.29) is 29.4 Å². The molecule has 0 bridgehead atoms. The zero-order valence-corrected chi connectivity index (χ0v) is 20.6. The van der Waals surface area contributed by atoms with E-state index in [1.165, 1.54) is 24.5 Å². The predicted octanol–water partition coefficient (Wildman–Crippen LogP) is 5.15. The number of carbonyl (C=O) groups is 1. The Kier molecular flexibility index (Phi) is 8.76. The van der Waals surface area contributed by atoms with Gasteiger partial charge in [0.2, 0.25) is 0 Å². The molecule has 2 aromatic rings. The molecule has 1 aliphatic rings. The fourth-order valence-electron chi connectivity index (χ4n) is 3.68. The summed E-state index contributed by atoms with van der Waals surface area (Å²) < 4.78 is 23.1. The van der Waals surface area contributed by atoms with Crippen molar-refractivity contribution >= 4 is 23.0 Å². The number of rotatable bonds is 10. The zero-order valence-electron chi connectivity index (χ0n) is 19.8. The number of methoxy groups -OCH3 is 1. The molecule has 10 heteroatoms. The van der Waals surface area contributed by atoms with Crippen LogP contribution in [0.2, 0.25) is 0 Å². The summed E-state index contributed by atoms with van der Waals surface area (Å²) >= 11 is 1.50. The largest absolute Gasteiger partial charge is 0.475 e. The van der Waals surface area contributed by atoms with E-state index >= 15 is 0 Å². The molecule has 3 unspecified atom stereocenters. The van der Waals surface area contributed by atoms with Gasteiger partial charge in [0.1, 0.15) is 6.10 Å². The van der Waals surface area contributed by atoms with Crippen molar-refractivity contribution in [1.82, 2.24) is 4.98 Å². The number of thiazole rings is 1. The first-order chi connectivity index (χ1) is 16.2. The molecule has 9 nitrogen and oxygen atoms in total. The third-order valence-corrected chi connectivity index (χ3v) is 6.33. The number of nitro benzene ring substituents is 1. The molecule has 0 N–H and O–H groups in total. The first kappa shape index (κ1) is 25.8. The monoisotopic (exact) mass is 490 g/mol. The average Bonchev–Trinajstić information content (AvgIpc) is 3.34. The molecule has 0 aliphatic carbocycles. The number of hydrogen-bond donors (Lipinski definition) is 0. The van der Waals surface area contributed by atoms with E-state index in [9.17, 15) is 14.9 Å². The van der Waals surface area contributed by atoms with Gasteiger partial charge in [-0.2, -0.15) is 0 Å². The van der Waals surface area contributed by atoms with E-state index in [0.29, 0.717) is 25.9 Å². The van der Waals surface area contributed by atoms with Gasteiger partial charge in [-0.05, 0) is 45.2 Å². The van der Waals surface area contributed by atoms with Crippen LogP contribution in [0.15, 0.2) is 42.1 Å². The molecule has 0 radical (unpaired) electrons. The Labute approximate surface area is 202 Å². The molecule has 1 aliphatic heterocycles. The third-order valence-electron chi connectivity index (χ3n) is 5.49. The van der Waals surface area contributed by atoms with Crippen LogP contribution in [0.5, 0.6) is 5.75 Å². The van der Waals surface area contributed by atoms with E-state index in [2.05, 4.69) is 9.72 Å². The summed E-state index contributed by atoms with van der Waals surface area (Å²) in [5, 5.41) is 11.5. The molecular formula is C24H30N2O7S. The minimum absolute atomic E-state index is 0.0376. The van der Waals surface area contributed by atoms with Crippen molar-refractivity contribution < 1.29 is 28.7 Å². The van der Waals surface area contributed by atoms with Gasteiger partial charge in [-0.25, -0.2) is 0 Å². The van der Waals surface area contributed by atoms with Crippen molar-refractivity contribution in [2.75, 3.05) is 13.7 Å². The predicted molar refractivity (Wildman–Crippen MR) is 127 cm³/mol. The van der Waals surface area contributed by atoms with Gasteiger partial charge < -0.3 is 18.9 Å². The van der Waals surface area contributed by atoms with E-state index < -0.39 is 16.8 Å². The Morgan fingerprint density at radius 3 is 2.85 bits per heavy atom. The van der Waals surface area contributed by atoms with E-state index in [0.717, 1.165) is 10.4 Å². The second-order valence-corrected chi connectivity index (χ2v) is 9.56. The molecule has 0 amide bonds. The highest BCUT2D eigenvalue weighted by molar-refractivity contribution is 7.09. The molecular weight excluding hydrogens is 460 g/mol. The number of allylic oxidation sites excluding steroid dienone is 2. The van der Waals surface area contributed by atoms with Gasteiger partial charge in [-0.3, -0.25) is 19.9 Å². The number of hydrogen-bond acceptors (Lipinski definition) is 9. The first-order valence-corrected chi connectivity index (χ1v) is 11.9. The molecule has 3 atom stereocenters. The number of carbonyl (C=O) groups excluding carboxylic acids is 1. The van der Waals surface area contributed by atoms with Crippen LogP contribution in [0.1, 0.15) is 49.7 Å². The Balaban J connectivity index is 1.71. The molecule has 34 heavy (non-hydrogen) atoms. The smallest absolute Gasteiger partial charge is 0.311 e. The number of nitrogens with zero attached hydrogens (tertiary/aromatic N) is 2. The van der Waals surface area contributed by atoms with Crippen LogP contribution in [-0.2, 0) is 19.0 Å². The first-order valence-electron chi connectivity index (χ1n) is 11.0. The maximum atomic E-state index is 11.5. The summed E-state index contributed by atoms with van der Waals surface area (Å²) in [6.07, 6.45) is 6.37. The second-order valence-electron chi connectivity index (χ2n) is 8.64. The quantitative estimate of drug-likeness (QED) is 0.195. The van der Waals surface area contributed by atoms with Crippen molar-refractivity contribution in [2.24, 2.45) is 5.92 Å². The van der Waals surface area contributed by atoms with Crippen LogP contribution in [0.4, 0.5) is 5.69 Å². The van der Waals surface area contributed by atoms with Crippen molar-refractivity contribution in [2.45, 2.75) is 58.0 Å². The molecule has 0 spiro atoms. The minimum atomic E-state index is -0.996. The van der Waals surface area contributed by atoms with Crippen molar-refractivity contribution in [1.29, 1.82) is 0 Å². The van der Waals surface area contributed by atoms with Crippen LogP contribution in [0.25, 0.3) is 0 Å². The standard InChI is InChI=1S/C24H30N2O7S/c1-16-10-11-19(18(12-16)26(28)29)33-24(2,3)23-31-14-17(8-6-5-7-9-21(27)30-4)22(32-23)20-13-25-15-34-20/h5-6,10-13,15,17,22-23H,7-9,14H2,1-4H3/b6-5-. The highest BCUT2D eigenvalue weighted by Crippen LogP contribution is 2.41. The summed E-state index contributed by atoms with van der Waals surface area (Å²) in [5.74, 6) is -0.0382. The van der Waals surface area contributed by atoms with Crippen molar-refractivity contribution in [3.8, 4) is 5.75 Å². The summed E-state index contributed by atoms with van der Waals surface area (Å²) in [4.78, 5) is 27.5. The van der Waals surface area contributed by atoms with Crippen LogP contribution in [-0.4, -0.2) is 41.5 Å². The lowest BCUT2D eigenvalue weighted by molar-refractivity contribution is -0.386. The Hall–Kier alpha value is -2.82. The molecule has 1 saturated heterocycles. The van der Waals surface area contributed by atoms with Crippen LogP contribution >= 0.6 is 11.3 Å². The summed E-state index contributed by atoms with van der Waals surface area (Å²) in [5.41, 5.74) is 1.43. The lowest BCUT2D eigenvalue weighted by Gasteiger charge is -2.42. The van der Waals surface area contributed by atoms with Crippen LogP contribution in [0.3, 0.4) is 0 Å². The normalized spacial score (nSPS) is 20.9. The average molecular weight is 491 g/mol. The molecule has 1 aromatic heterocycles. The number of benzene rings is 1. The lowest BCUT2D eigenvalue weighted by Crippen LogP contribution is -2.50. The van der Waals surface area contributed by atoms with E-state index in [1.54, 1.807) is 44.6 Å². The van der Waals surface area contributed by atoms with Crippen LogP contribution in [0, 0.1) is 23.0 Å². The summed E-state index contributed by atoms with van der Waals surface area (Å²) in [6, 6.07) is 4.85. The lowest BCUT2D eigenvalue weighted by atomic mass is 9.95. The maximum absolute atomic E-state index is 11.5. The minimum Gasteiger partial charge on any atom is -0.475 e. The van der Waals surface area contributed by atoms with Crippen molar-refractivity contribution in [3.63, 3.8) is 0 Å². The molecule has 1 aromatic carbocycles. The van der Waals surface area contributed by atoms with Gasteiger partial charge >= 0.3 is 11.7 Å². The molecule has 2 heterocycles. The number of aryl methyl sites for hydroxylation is 1. The van der Waals surface area contributed by atoms with Gasteiger partial charge in [0.15, 0.2) is 17.6 Å². The maximum Gasteiger partial charge on any atom is 0.311 e. The van der Waals surface area contributed by atoms with Gasteiger partial charge in [-0.1, -0.05) is 18.2 Å². The van der Waals surface area contributed by atoms with Gasteiger partial charge in [0.25, 0.3) is 0 Å². The van der Waals surface area contributed by atoms with Crippen molar-refractivity contribution in [3.05, 3.63) is 62.6 Å². The number of aromatic nitrogens is 1. The second kappa shape index (κ2) is 11.5. The fraction of sp³-hybridized carbons (Fsp3) is 0.500. The molecule has 1 fully saturated rings. The van der Waals surface area contributed by atoms with E-state index in [1.807, 2.05) is 12.2 Å². The van der Waals surface area contributed by atoms with Gasteiger partial charge in [-0.15, -0.1) is 11.3 Å². The van der Waals surface area contributed by atoms with Crippen LogP contribution < -0.4 is 4.74 Å². The molecule has 184 valence electrons. The number of nitro groups is 1. The molecule has 0 saturated carbocycles. The Morgan fingerprint density at radius 2 is 2.18 bits per heavy atom. The fourth-order valence-corrected chi connectivity index (χ4v) is 4.43.